The summed E-state index contributed by atoms with van der Waals surface area (Å²) in [4.78, 5) is 16.8. The molecule has 0 aromatic heterocycles. The molecule has 2 rings (SSSR count). The maximum absolute atomic E-state index is 12.2. The third-order valence-corrected chi connectivity index (χ3v) is 5.13. The van der Waals surface area contributed by atoms with Crippen LogP contribution in [0.15, 0.2) is 0 Å². The minimum Gasteiger partial charge on any atom is -0.339 e. The molecule has 1 saturated carbocycles. The lowest BCUT2D eigenvalue weighted by molar-refractivity contribution is -0.135. The fourth-order valence-corrected chi connectivity index (χ4v) is 3.41. The van der Waals surface area contributed by atoms with E-state index in [1.54, 1.807) is 0 Å². The third kappa shape index (κ3) is 3.73. The van der Waals surface area contributed by atoms with Crippen molar-refractivity contribution in [2.45, 2.75) is 58.5 Å². The first-order valence-corrected chi connectivity index (χ1v) is 8.27. The molecule has 0 aromatic carbocycles. The number of carbonyl (C=O) groups is 1. The van der Waals surface area contributed by atoms with Crippen molar-refractivity contribution >= 4 is 5.91 Å². The highest BCUT2D eigenvalue weighted by Gasteiger charge is 2.30. The van der Waals surface area contributed by atoms with E-state index in [-0.39, 0.29) is 17.9 Å². The molecule has 2 N–H and O–H groups in total. The van der Waals surface area contributed by atoms with Gasteiger partial charge in [-0.1, -0.05) is 20.8 Å². The van der Waals surface area contributed by atoms with Gasteiger partial charge >= 0.3 is 0 Å². The van der Waals surface area contributed by atoms with Gasteiger partial charge in [0.15, 0.2) is 0 Å². The summed E-state index contributed by atoms with van der Waals surface area (Å²) in [7, 11) is 0. The standard InChI is InChI=1S/C16H31N3O/c1-12(2)15(17)16(20)19-10-8-18(9-11-19)14-6-4-13(3)5-7-14/h12-15H,4-11,17H2,1-3H3/t13?,14?,15-/m0/s1. The number of nitrogens with two attached hydrogens (primary N) is 1. The van der Waals surface area contributed by atoms with Crippen molar-refractivity contribution < 1.29 is 4.79 Å². The molecule has 0 aromatic rings. The number of hydrogen-bond acceptors (Lipinski definition) is 3. The molecule has 116 valence electrons. The molecule has 1 atom stereocenters. The Kier molecular flexibility index (Phi) is 5.44. The van der Waals surface area contributed by atoms with Crippen LogP contribution in [0, 0.1) is 11.8 Å². The van der Waals surface area contributed by atoms with E-state index in [2.05, 4.69) is 11.8 Å². The zero-order chi connectivity index (χ0) is 14.7. The van der Waals surface area contributed by atoms with E-state index in [1.165, 1.54) is 25.7 Å². The van der Waals surface area contributed by atoms with Crippen molar-refractivity contribution in [1.29, 1.82) is 0 Å². The quantitative estimate of drug-likeness (QED) is 0.856. The van der Waals surface area contributed by atoms with E-state index in [0.29, 0.717) is 0 Å². The number of hydrogen-bond donors (Lipinski definition) is 1. The summed E-state index contributed by atoms with van der Waals surface area (Å²) in [6.07, 6.45) is 5.39. The molecule has 0 radical (unpaired) electrons. The van der Waals surface area contributed by atoms with Crippen LogP contribution in [0.25, 0.3) is 0 Å². The summed E-state index contributed by atoms with van der Waals surface area (Å²) in [5.74, 6) is 1.26. The predicted octanol–water partition coefficient (Wildman–Crippen LogP) is 1.69. The van der Waals surface area contributed by atoms with Gasteiger partial charge in [0.1, 0.15) is 0 Å². The lowest BCUT2D eigenvalue weighted by atomic mass is 9.86. The summed E-state index contributed by atoms with van der Waals surface area (Å²) < 4.78 is 0. The van der Waals surface area contributed by atoms with Crippen LogP contribution in [0.1, 0.15) is 46.5 Å². The number of amides is 1. The Morgan fingerprint density at radius 3 is 2.10 bits per heavy atom. The van der Waals surface area contributed by atoms with Gasteiger partial charge in [0, 0.05) is 32.2 Å². The molecule has 0 bridgehead atoms. The van der Waals surface area contributed by atoms with E-state index < -0.39 is 0 Å². The van der Waals surface area contributed by atoms with Gasteiger partial charge in [-0.3, -0.25) is 9.69 Å². The summed E-state index contributed by atoms with van der Waals surface area (Å²) >= 11 is 0. The van der Waals surface area contributed by atoms with Crippen LogP contribution in [0.5, 0.6) is 0 Å². The Hall–Kier alpha value is -0.610. The molecule has 0 unspecified atom stereocenters. The SMILES string of the molecule is CC1CCC(N2CCN(C(=O)[C@@H](N)C(C)C)CC2)CC1. The first-order valence-electron chi connectivity index (χ1n) is 8.27. The monoisotopic (exact) mass is 281 g/mol. The van der Waals surface area contributed by atoms with E-state index >= 15 is 0 Å². The largest absolute Gasteiger partial charge is 0.339 e. The van der Waals surface area contributed by atoms with Gasteiger partial charge in [-0.15, -0.1) is 0 Å². The van der Waals surface area contributed by atoms with Gasteiger partial charge in [-0.2, -0.15) is 0 Å². The van der Waals surface area contributed by atoms with E-state index in [0.717, 1.165) is 38.1 Å². The second kappa shape index (κ2) is 6.90. The van der Waals surface area contributed by atoms with Crippen LogP contribution in [0.4, 0.5) is 0 Å². The zero-order valence-electron chi connectivity index (χ0n) is 13.3. The molecule has 1 saturated heterocycles. The predicted molar refractivity (Wildman–Crippen MR) is 82.4 cm³/mol. The van der Waals surface area contributed by atoms with Crippen molar-refractivity contribution in [2.24, 2.45) is 17.6 Å². The van der Waals surface area contributed by atoms with Crippen molar-refractivity contribution in [3.05, 3.63) is 0 Å². The normalized spacial score (nSPS) is 30.6. The van der Waals surface area contributed by atoms with Crippen LogP contribution < -0.4 is 5.73 Å². The molecule has 4 heteroatoms. The molecule has 1 aliphatic carbocycles. The van der Waals surface area contributed by atoms with Crippen LogP contribution in [0.2, 0.25) is 0 Å². The third-order valence-electron chi connectivity index (χ3n) is 5.13. The Morgan fingerprint density at radius 1 is 1.05 bits per heavy atom. The highest BCUT2D eigenvalue weighted by Crippen LogP contribution is 2.27. The van der Waals surface area contributed by atoms with Gasteiger partial charge < -0.3 is 10.6 Å². The maximum Gasteiger partial charge on any atom is 0.239 e. The summed E-state index contributed by atoms with van der Waals surface area (Å²) in [5, 5.41) is 0. The van der Waals surface area contributed by atoms with Crippen LogP contribution in [0.3, 0.4) is 0 Å². The molecule has 2 aliphatic rings. The Balaban J connectivity index is 1.79. The number of rotatable bonds is 3. The number of piperazine rings is 1. The van der Waals surface area contributed by atoms with E-state index in [1.807, 2.05) is 18.7 Å². The van der Waals surface area contributed by atoms with Crippen LogP contribution in [-0.4, -0.2) is 54.0 Å². The molecule has 20 heavy (non-hydrogen) atoms. The van der Waals surface area contributed by atoms with Gasteiger partial charge in [0.2, 0.25) is 5.91 Å². The van der Waals surface area contributed by atoms with E-state index in [9.17, 15) is 4.79 Å². The van der Waals surface area contributed by atoms with Gasteiger partial charge in [0.05, 0.1) is 6.04 Å². The molecule has 1 amide bonds. The number of carbonyl (C=O) groups excluding carboxylic acids is 1. The summed E-state index contributed by atoms with van der Waals surface area (Å²) in [5.41, 5.74) is 5.98. The molecular formula is C16H31N3O. The average molecular weight is 281 g/mol. The topological polar surface area (TPSA) is 49.6 Å². The lowest BCUT2D eigenvalue weighted by Gasteiger charge is -2.42. The Morgan fingerprint density at radius 2 is 1.60 bits per heavy atom. The molecule has 2 fully saturated rings. The fraction of sp³-hybridized carbons (Fsp3) is 0.938. The Labute approximate surface area is 123 Å². The summed E-state index contributed by atoms with van der Waals surface area (Å²) in [6.45, 7) is 10.1. The number of nitrogens with zero attached hydrogens (tertiary/aromatic N) is 2. The molecule has 1 aliphatic heterocycles. The van der Waals surface area contributed by atoms with Gasteiger partial charge in [-0.25, -0.2) is 0 Å². The van der Waals surface area contributed by atoms with Crippen molar-refractivity contribution in [2.75, 3.05) is 26.2 Å². The highest BCUT2D eigenvalue weighted by molar-refractivity contribution is 5.82. The van der Waals surface area contributed by atoms with Crippen molar-refractivity contribution in [1.82, 2.24) is 9.80 Å². The first kappa shape index (κ1) is 15.8. The van der Waals surface area contributed by atoms with Crippen molar-refractivity contribution in [3.63, 3.8) is 0 Å². The Bertz CT molecular complexity index is 316. The zero-order valence-corrected chi connectivity index (χ0v) is 13.3. The highest BCUT2D eigenvalue weighted by atomic mass is 16.2. The van der Waals surface area contributed by atoms with Gasteiger partial charge in [0.25, 0.3) is 0 Å². The van der Waals surface area contributed by atoms with Gasteiger partial charge in [-0.05, 0) is 37.5 Å². The van der Waals surface area contributed by atoms with E-state index in [4.69, 9.17) is 5.73 Å². The molecular weight excluding hydrogens is 250 g/mol. The fourth-order valence-electron chi connectivity index (χ4n) is 3.41. The molecule has 0 spiro atoms. The second-order valence-corrected chi connectivity index (χ2v) is 7.04. The summed E-state index contributed by atoms with van der Waals surface area (Å²) in [6, 6.07) is 0.416. The smallest absolute Gasteiger partial charge is 0.239 e. The molecule has 4 nitrogen and oxygen atoms in total. The van der Waals surface area contributed by atoms with Crippen molar-refractivity contribution in [3.8, 4) is 0 Å². The lowest BCUT2D eigenvalue weighted by Crippen LogP contribution is -2.56. The molecule has 1 heterocycles. The van der Waals surface area contributed by atoms with Crippen LogP contribution >= 0.6 is 0 Å². The average Bonchev–Trinajstić information content (AvgIpc) is 2.46. The maximum atomic E-state index is 12.2. The second-order valence-electron chi connectivity index (χ2n) is 7.04. The minimum atomic E-state index is -0.336. The van der Waals surface area contributed by atoms with Crippen LogP contribution in [-0.2, 0) is 4.79 Å². The first-order chi connectivity index (χ1) is 9.49. The minimum absolute atomic E-state index is 0.136.